The van der Waals surface area contributed by atoms with Crippen LogP contribution in [0.5, 0.6) is 5.75 Å². The first kappa shape index (κ1) is 19.9. The van der Waals surface area contributed by atoms with E-state index in [-0.39, 0.29) is 5.91 Å². The predicted octanol–water partition coefficient (Wildman–Crippen LogP) is 4.43. The van der Waals surface area contributed by atoms with Gasteiger partial charge in [-0.15, -0.1) is 11.3 Å². The second-order valence-electron chi connectivity index (χ2n) is 6.93. The maximum absolute atomic E-state index is 12.6. The number of nitrogens with zero attached hydrogens (tertiary/aromatic N) is 3. The molecule has 1 aliphatic rings. The maximum atomic E-state index is 12.6. The largest absolute Gasteiger partial charge is 0.497 e. The van der Waals surface area contributed by atoms with Gasteiger partial charge in [-0.25, -0.2) is 4.98 Å². The minimum absolute atomic E-state index is 0.0656. The SMILES string of the molecule is COc1cccc(-c2csc(CN3CCN(C(=O)c4ccc(Cl)cc4)CC3)n2)c1. The lowest BCUT2D eigenvalue weighted by molar-refractivity contribution is 0.0628. The normalized spacial score (nSPS) is 14.8. The van der Waals surface area contributed by atoms with E-state index in [9.17, 15) is 4.79 Å². The second kappa shape index (κ2) is 8.95. The Morgan fingerprint density at radius 2 is 1.90 bits per heavy atom. The standard InChI is InChI=1S/C22H22ClN3O2S/c1-28-19-4-2-3-17(13-19)20-15-29-21(24-20)14-25-9-11-26(12-10-25)22(27)16-5-7-18(23)8-6-16/h2-8,13,15H,9-12,14H2,1H3. The molecule has 0 atom stereocenters. The molecule has 0 radical (unpaired) electrons. The Hall–Kier alpha value is -2.41. The molecule has 2 aromatic carbocycles. The topological polar surface area (TPSA) is 45.7 Å². The smallest absolute Gasteiger partial charge is 0.253 e. The lowest BCUT2D eigenvalue weighted by Crippen LogP contribution is -2.48. The number of ether oxygens (including phenoxy) is 1. The molecule has 1 aliphatic heterocycles. The number of hydrogen-bond acceptors (Lipinski definition) is 5. The molecule has 29 heavy (non-hydrogen) atoms. The van der Waals surface area contributed by atoms with Crippen molar-refractivity contribution in [3.63, 3.8) is 0 Å². The molecule has 0 N–H and O–H groups in total. The third-order valence-corrected chi connectivity index (χ3v) is 6.11. The van der Waals surface area contributed by atoms with Crippen molar-refractivity contribution in [3.05, 3.63) is 69.5 Å². The Labute approximate surface area is 179 Å². The van der Waals surface area contributed by atoms with Gasteiger partial charge in [-0.2, -0.15) is 0 Å². The molecule has 0 bridgehead atoms. The Kier molecular flexibility index (Phi) is 6.13. The third kappa shape index (κ3) is 4.78. The van der Waals surface area contributed by atoms with Gasteiger partial charge in [0.05, 0.1) is 19.3 Å². The number of piperazine rings is 1. The third-order valence-electron chi connectivity index (χ3n) is 5.03. The molecule has 0 unspecified atom stereocenters. The Morgan fingerprint density at radius 3 is 2.62 bits per heavy atom. The first-order valence-corrected chi connectivity index (χ1v) is 10.7. The van der Waals surface area contributed by atoms with E-state index >= 15 is 0 Å². The molecule has 2 heterocycles. The van der Waals surface area contributed by atoms with Gasteiger partial charge in [0.2, 0.25) is 0 Å². The molecule has 1 amide bonds. The van der Waals surface area contributed by atoms with Crippen molar-refractivity contribution in [3.8, 4) is 17.0 Å². The summed E-state index contributed by atoms with van der Waals surface area (Å²) < 4.78 is 5.30. The molecule has 5 nitrogen and oxygen atoms in total. The lowest BCUT2D eigenvalue weighted by Gasteiger charge is -2.34. The number of rotatable bonds is 5. The zero-order valence-electron chi connectivity index (χ0n) is 16.2. The highest BCUT2D eigenvalue weighted by Gasteiger charge is 2.22. The quantitative estimate of drug-likeness (QED) is 0.604. The number of hydrogen-bond donors (Lipinski definition) is 0. The van der Waals surface area contributed by atoms with Crippen molar-refractivity contribution in [1.82, 2.24) is 14.8 Å². The van der Waals surface area contributed by atoms with Gasteiger partial charge in [0.15, 0.2) is 0 Å². The maximum Gasteiger partial charge on any atom is 0.253 e. The zero-order chi connectivity index (χ0) is 20.2. The van der Waals surface area contributed by atoms with Crippen molar-refractivity contribution in [2.75, 3.05) is 33.3 Å². The van der Waals surface area contributed by atoms with Crippen molar-refractivity contribution < 1.29 is 9.53 Å². The first-order chi connectivity index (χ1) is 14.1. The highest BCUT2D eigenvalue weighted by molar-refractivity contribution is 7.09. The van der Waals surface area contributed by atoms with Crippen LogP contribution in [0.2, 0.25) is 5.02 Å². The number of thiazole rings is 1. The number of benzene rings is 2. The Balaban J connectivity index is 1.33. The van der Waals surface area contributed by atoms with Crippen LogP contribution in [-0.4, -0.2) is 54.0 Å². The van der Waals surface area contributed by atoms with E-state index < -0.39 is 0 Å². The summed E-state index contributed by atoms with van der Waals surface area (Å²) in [5, 5.41) is 3.81. The van der Waals surface area contributed by atoms with Crippen LogP contribution in [-0.2, 0) is 6.54 Å². The van der Waals surface area contributed by atoms with Crippen molar-refractivity contribution in [2.24, 2.45) is 0 Å². The van der Waals surface area contributed by atoms with Crippen molar-refractivity contribution >= 4 is 28.8 Å². The van der Waals surface area contributed by atoms with E-state index in [0.717, 1.165) is 54.7 Å². The van der Waals surface area contributed by atoms with Gasteiger partial charge in [0.1, 0.15) is 10.8 Å². The lowest BCUT2D eigenvalue weighted by atomic mass is 10.1. The van der Waals surface area contributed by atoms with Crippen LogP contribution in [0.15, 0.2) is 53.9 Å². The number of carbonyl (C=O) groups excluding carboxylic acids is 1. The second-order valence-corrected chi connectivity index (χ2v) is 8.31. The molecule has 0 aliphatic carbocycles. The highest BCUT2D eigenvalue weighted by Crippen LogP contribution is 2.26. The molecule has 7 heteroatoms. The summed E-state index contributed by atoms with van der Waals surface area (Å²) in [4.78, 5) is 21.7. The van der Waals surface area contributed by atoms with Crippen LogP contribution in [0.4, 0.5) is 0 Å². The number of halogens is 1. The van der Waals surface area contributed by atoms with Gasteiger partial charge in [0, 0.05) is 47.7 Å². The van der Waals surface area contributed by atoms with Crippen molar-refractivity contribution in [2.45, 2.75) is 6.54 Å². The van der Waals surface area contributed by atoms with Crippen LogP contribution < -0.4 is 4.74 Å². The van der Waals surface area contributed by atoms with Gasteiger partial charge in [-0.1, -0.05) is 23.7 Å². The Bertz CT molecular complexity index is 982. The minimum atomic E-state index is 0.0656. The zero-order valence-corrected chi connectivity index (χ0v) is 17.7. The van der Waals surface area contributed by atoms with E-state index in [4.69, 9.17) is 21.3 Å². The van der Waals surface area contributed by atoms with Crippen LogP contribution in [0.3, 0.4) is 0 Å². The van der Waals surface area contributed by atoms with E-state index in [2.05, 4.69) is 10.3 Å². The molecule has 1 saturated heterocycles. The monoisotopic (exact) mass is 427 g/mol. The van der Waals surface area contributed by atoms with Crippen LogP contribution in [0.1, 0.15) is 15.4 Å². The average Bonchev–Trinajstić information content (AvgIpc) is 3.23. The van der Waals surface area contributed by atoms with Gasteiger partial charge in [-0.3, -0.25) is 9.69 Å². The summed E-state index contributed by atoms with van der Waals surface area (Å²) in [5.74, 6) is 0.898. The molecule has 3 aromatic rings. The predicted molar refractivity (Wildman–Crippen MR) is 117 cm³/mol. The summed E-state index contributed by atoms with van der Waals surface area (Å²) in [6.07, 6.45) is 0. The molecule has 4 rings (SSSR count). The van der Waals surface area contributed by atoms with Gasteiger partial charge in [-0.05, 0) is 36.4 Å². The van der Waals surface area contributed by atoms with E-state index in [1.54, 1.807) is 42.7 Å². The van der Waals surface area contributed by atoms with Crippen LogP contribution >= 0.6 is 22.9 Å². The minimum Gasteiger partial charge on any atom is -0.497 e. The highest BCUT2D eigenvalue weighted by atomic mass is 35.5. The first-order valence-electron chi connectivity index (χ1n) is 9.48. The molecule has 1 fully saturated rings. The summed E-state index contributed by atoms with van der Waals surface area (Å²) in [5.41, 5.74) is 2.72. The summed E-state index contributed by atoms with van der Waals surface area (Å²) in [6.45, 7) is 3.92. The molecule has 1 aromatic heterocycles. The van der Waals surface area contributed by atoms with E-state index in [0.29, 0.717) is 10.6 Å². The molecule has 0 spiro atoms. The molecular formula is C22H22ClN3O2S. The fourth-order valence-electron chi connectivity index (χ4n) is 3.37. The van der Waals surface area contributed by atoms with Crippen LogP contribution in [0, 0.1) is 0 Å². The van der Waals surface area contributed by atoms with E-state index in [1.165, 1.54) is 0 Å². The van der Waals surface area contributed by atoms with Gasteiger partial charge < -0.3 is 9.64 Å². The Morgan fingerprint density at radius 1 is 1.14 bits per heavy atom. The average molecular weight is 428 g/mol. The van der Waals surface area contributed by atoms with Gasteiger partial charge >= 0.3 is 0 Å². The van der Waals surface area contributed by atoms with Gasteiger partial charge in [0.25, 0.3) is 5.91 Å². The number of carbonyl (C=O) groups is 1. The van der Waals surface area contributed by atoms with E-state index in [1.807, 2.05) is 29.2 Å². The fraction of sp³-hybridized carbons (Fsp3) is 0.273. The fourth-order valence-corrected chi connectivity index (χ4v) is 4.34. The molecule has 0 saturated carbocycles. The van der Waals surface area contributed by atoms with Crippen molar-refractivity contribution in [1.29, 1.82) is 0 Å². The molecular weight excluding hydrogens is 406 g/mol. The summed E-state index contributed by atoms with van der Waals surface area (Å²) >= 11 is 7.58. The summed E-state index contributed by atoms with van der Waals surface area (Å²) in [6, 6.07) is 15.0. The number of aromatic nitrogens is 1. The number of methoxy groups -OCH3 is 1. The molecule has 150 valence electrons. The number of amides is 1. The summed E-state index contributed by atoms with van der Waals surface area (Å²) in [7, 11) is 1.67. The van der Waals surface area contributed by atoms with Crippen LogP contribution in [0.25, 0.3) is 11.3 Å².